The van der Waals surface area contributed by atoms with Gasteiger partial charge >= 0.3 is 6.03 Å². The number of nitrogens with zero attached hydrogens (tertiary/aromatic N) is 2. The third kappa shape index (κ3) is 7.11. The topological polar surface area (TPSA) is 64.7 Å². The molecule has 22 heavy (non-hydrogen) atoms. The van der Waals surface area contributed by atoms with Crippen LogP contribution in [0.3, 0.4) is 0 Å². The van der Waals surface area contributed by atoms with E-state index in [2.05, 4.69) is 29.4 Å². The van der Waals surface area contributed by atoms with E-state index in [4.69, 9.17) is 0 Å². The summed E-state index contributed by atoms with van der Waals surface area (Å²) in [6.45, 7) is 10.2. The predicted octanol–water partition coefficient (Wildman–Crippen LogP) is 1.42. The fraction of sp³-hybridized carbons (Fsp3) is 0.875. The van der Waals surface area contributed by atoms with Gasteiger partial charge in [-0.05, 0) is 20.3 Å². The van der Waals surface area contributed by atoms with Crippen LogP contribution in [0.1, 0.15) is 46.5 Å². The molecule has 1 saturated heterocycles. The normalized spacial score (nSPS) is 17.1. The molecule has 1 fully saturated rings. The smallest absolute Gasteiger partial charge is 0.317 e. The summed E-state index contributed by atoms with van der Waals surface area (Å²) in [6.07, 6.45) is 4.63. The number of likely N-dealkylation sites (N-methyl/N-ethyl adjacent to an activating group) is 1. The number of carbonyl (C=O) groups is 2. The molecule has 6 nitrogen and oxygen atoms in total. The highest BCUT2D eigenvalue weighted by Crippen LogP contribution is 2.05. The number of urea groups is 1. The molecule has 0 spiro atoms. The van der Waals surface area contributed by atoms with Crippen molar-refractivity contribution < 1.29 is 9.59 Å². The molecule has 0 aromatic heterocycles. The van der Waals surface area contributed by atoms with Crippen molar-refractivity contribution in [3.8, 4) is 0 Å². The summed E-state index contributed by atoms with van der Waals surface area (Å²) < 4.78 is 0. The first-order valence-corrected chi connectivity index (χ1v) is 8.61. The third-order valence-electron chi connectivity index (χ3n) is 4.01. The van der Waals surface area contributed by atoms with Gasteiger partial charge in [0.25, 0.3) is 0 Å². The number of unbranched alkanes of at least 4 members (excludes halogenated alkanes) is 2. The molecule has 1 rings (SSSR count). The molecule has 3 amide bonds. The first-order valence-electron chi connectivity index (χ1n) is 8.61. The quantitative estimate of drug-likeness (QED) is 0.666. The van der Waals surface area contributed by atoms with Crippen molar-refractivity contribution in [2.75, 3.05) is 39.3 Å². The van der Waals surface area contributed by atoms with Gasteiger partial charge in [-0.3, -0.25) is 9.69 Å². The lowest BCUT2D eigenvalue weighted by molar-refractivity contribution is -0.122. The third-order valence-corrected chi connectivity index (χ3v) is 4.01. The fourth-order valence-electron chi connectivity index (χ4n) is 2.64. The van der Waals surface area contributed by atoms with E-state index in [1.807, 2.05) is 11.8 Å². The Kier molecular flexibility index (Phi) is 8.89. The molecule has 0 aliphatic carbocycles. The molecule has 1 unspecified atom stereocenters. The molecule has 0 aromatic carbocycles. The molecule has 0 radical (unpaired) electrons. The minimum absolute atomic E-state index is 0.0293. The molecular formula is C16H32N4O2. The van der Waals surface area contributed by atoms with E-state index in [-0.39, 0.29) is 18.0 Å². The number of hydrogen-bond acceptors (Lipinski definition) is 3. The Bertz CT molecular complexity index is 341. The second kappa shape index (κ2) is 10.4. The maximum Gasteiger partial charge on any atom is 0.317 e. The molecule has 1 atom stereocenters. The molecule has 0 bridgehead atoms. The van der Waals surface area contributed by atoms with Crippen LogP contribution in [-0.4, -0.2) is 67.0 Å². The lowest BCUT2D eigenvalue weighted by Crippen LogP contribution is -2.54. The van der Waals surface area contributed by atoms with Crippen molar-refractivity contribution in [2.45, 2.75) is 52.5 Å². The van der Waals surface area contributed by atoms with Gasteiger partial charge in [-0.15, -0.1) is 0 Å². The van der Waals surface area contributed by atoms with E-state index in [9.17, 15) is 9.59 Å². The predicted molar refractivity (Wildman–Crippen MR) is 88.8 cm³/mol. The Balaban J connectivity index is 2.23. The molecule has 2 N–H and O–H groups in total. The second-order valence-corrected chi connectivity index (χ2v) is 6.06. The van der Waals surface area contributed by atoms with Crippen molar-refractivity contribution in [2.24, 2.45) is 0 Å². The molecular weight excluding hydrogens is 280 g/mol. The standard InChI is InChI=1S/C16H32N4O2/c1-4-6-7-8-14(3)18-16(22)20-11-9-19(10-12-20)13-15(21)17-5-2/h14H,4-13H2,1-3H3,(H,17,21)(H,18,22). The molecule has 0 aromatic rings. The first-order chi connectivity index (χ1) is 10.6. The van der Waals surface area contributed by atoms with Gasteiger partial charge in [-0.2, -0.15) is 0 Å². The summed E-state index contributed by atoms with van der Waals surface area (Å²) >= 11 is 0. The van der Waals surface area contributed by atoms with Gasteiger partial charge in [0.2, 0.25) is 5.91 Å². The van der Waals surface area contributed by atoms with E-state index in [0.717, 1.165) is 25.9 Å². The molecule has 128 valence electrons. The highest BCUT2D eigenvalue weighted by atomic mass is 16.2. The lowest BCUT2D eigenvalue weighted by atomic mass is 10.1. The minimum Gasteiger partial charge on any atom is -0.355 e. The Labute approximate surface area is 134 Å². The number of hydrogen-bond donors (Lipinski definition) is 2. The summed E-state index contributed by atoms with van der Waals surface area (Å²) in [5, 5.41) is 5.88. The van der Waals surface area contributed by atoms with Crippen LogP contribution >= 0.6 is 0 Å². The van der Waals surface area contributed by atoms with Crippen molar-refractivity contribution in [3.05, 3.63) is 0 Å². The largest absolute Gasteiger partial charge is 0.355 e. The van der Waals surface area contributed by atoms with E-state index in [1.165, 1.54) is 12.8 Å². The van der Waals surface area contributed by atoms with Gasteiger partial charge in [0.15, 0.2) is 0 Å². The number of carbonyl (C=O) groups excluding carboxylic acids is 2. The van der Waals surface area contributed by atoms with E-state index < -0.39 is 0 Å². The summed E-state index contributed by atoms with van der Waals surface area (Å²) in [6, 6.07) is 0.258. The number of amides is 3. The Morgan fingerprint density at radius 1 is 1.09 bits per heavy atom. The van der Waals surface area contributed by atoms with Gasteiger partial charge in [-0.1, -0.05) is 26.2 Å². The van der Waals surface area contributed by atoms with E-state index in [0.29, 0.717) is 26.2 Å². The van der Waals surface area contributed by atoms with Gasteiger partial charge in [0.1, 0.15) is 0 Å². The van der Waals surface area contributed by atoms with Crippen molar-refractivity contribution in [3.63, 3.8) is 0 Å². The van der Waals surface area contributed by atoms with Crippen molar-refractivity contribution in [1.29, 1.82) is 0 Å². The lowest BCUT2D eigenvalue weighted by Gasteiger charge is -2.34. The summed E-state index contributed by atoms with van der Waals surface area (Å²) in [4.78, 5) is 27.7. The van der Waals surface area contributed by atoms with Gasteiger partial charge in [-0.25, -0.2) is 4.79 Å². The first kappa shape index (κ1) is 18.7. The van der Waals surface area contributed by atoms with Crippen LogP contribution in [0.25, 0.3) is 0 Å². The maximum absolute atomic E-state index is 12.2. The molecule has 1 heterocycles. The zero-order chi connectivity index (χ0) is 16.4. The van der Waals surface area contributed by atoms with Gasteiger partial charge in [0, 0.05) is 38.8 Å². The summed E-state index contributed by atoms with van der Waals surface area (Å²) in [7, 11) is 0. The second-order valence-electron chi connectivity index (χ2n) is 6.06. The van der Waals surface area contributed by atoms with Crippen molar-refractivity contribution in [1.82, 2.24) is 20.4 Å². The number of rotatable bonds is 8. The van der Waals surface area contributed by atoms with E-state index in [1.54, 1.807) is 0 Å². The van der Waals surface area contributed by atoms with Crippen LogP contribution in [0.2, 0.25) is 0 Å². The van der Waals surface area contributed by atoms with Crippen LogP contribution in [0, 0.1) is 0 Å². The van der Waals surface area contributed by atoms with Gasteiger partial charge < -0.3 is 15.5 Å². The monoisotopic (exact) mass is 312 g/mol. The van der Waals surface area contributed by atoms with Crippen LogP contribution in [0.15, 0.2) is 0 Å². The zero-order valence-electron chi connectivity index (χ0n) is 14.4. The van der Waals surface area contributed by atoms with Crippen molar-refractivity contribution >= 4 is 11.9 Å². The van der Waals surface area contributed by atoms with Crippen LogP contribution in [0.5, 0.6) is 0 Å². The average molecular weight is 312 g/mol. The molecule has 6 heteroatoms. The van der Waals surface area contributed by atoms with E-state index >= 15 is 0 Å². The highest BCUT2D eigenvalue weighted by Gasteiger charge is 2.22. The Morgan fingerprint density at radius 2 is 1.77 bits per heavy atom. The molecule has 0 saturated carbocycles. The Morgan fingerprint density at radius 3 is 2.36 bits per heavy atom. The summed E-state index contributed by atoms with van der Waals surface area (Å²) in [5.41, 5.74) is 0. The summed E-state index contributed by atoms with van der Waals surface area (Å²) in [5.74, 6) is 0.0601. The van der Waals surface area contributed by atoms with Gasteiger partial charge in [0.05, 0.1) is 6.54 Å². The number of piperazine rings is 1. The number of nitrogens with one attached hydrogen (secondary N) is 2. The average Bonchev–Trinajstić information content (AvgIpc) is 2.48. The zero-order valence-corrected chi connectivity index (χ0v) is 14.4. The molecule has 1 aliphatic heterocycles. The van der Waals surface area contributed by atoms with Crippen LogP contribution in [-0.2, 0) is 4.79 Å². The fourth-order valence-corrected chi connectivity index (χ4v) is 2.64. The molecule has 1 aliphatic rings. The van der Waals surface area contributed by atoms with Crippen LogP contribution < -0.4 is 10.6 Å². The minimum atomic E-state index is 0.0293. The maximum atomic E-state index is 12.2. The highest BCUT2D eigenvalue weighted by molar-refractivity contribution is 5.78. The Hall–Kier alpha value is -1.30. The SMILES string of the molecule is CCCCCC(C)NC(=O)N1CCN(CC(=O)NCC)CC1. The van der Waals surface area contributed by atoms with Crippen LogP contribution in [0.4, 0.5) is 4.79 Å².